The minimum absolute atomic E-state index is 0.199. The van der Waals surface area contributed by atoms with E-state index < -0.39 is 0 Å². The summed E-state index contributed by atoms with van der Waals surface area (Å²) in [6.07, 6.45) is 8.96. The van der Waals surface area contributed by atoms with Crippen molar-refractivity contribution in [1.82, 2.24) is 5.32 Å². The zero-order valence-electron chi connectivity index (χ0n) is 21.0. The number of halogens is 1. The zero-order valence-corrected chi connectivity index (χ0v) is 21.0. The quantitative estimate of drug-likeness (QED) is 0.509. The fourth-order valence-electron chi connectivity index (χ4n) is 6.81. The van der Waals surface area contributed by atoms with Gasteiger partial charge in [0.1, 0.15) is 11.6 Å². The van der Waals surface area contributed by atoms with Crippen LogP contribution in [0, 0.1) is 34.4 Å². The highest BCUT2D eigenvalue weighted by Gasteiger charge is 2.52. The van der Waals surface area contributed by atoms with Crippen LogP contribution in [0.5, 0.6) is 5.75 Å². The molecule has 1 aromatic carbocycles. The Bertz CT molecular complexity index is 814. The van der Waals surface area contributed by atoms with Crippen molar-refractivity contribution in [3.05, 3.63) is 41.7 Å². The molecular weight excluding hydrogens is 417 g/mol. The smallest absolute Gasteiger partial charge is 0.126 e. The number of benzene rings is 1. The van der Waals surface area contributed by atoms with Gasteiger partial charge in [-0.25, -0.2) is 4.39 Å². The molecule has 6 unspecified atom stereocenters. The molecule has 0 aromatic heterocycles. The third kappa shape index (κ3) is 5.47. The fraction of sp³-hybridized carbons (Fsp3) is 0.714. The van der Waals surface area contributed by atoms with Crippen LogP contribution < -0.4 is 10.1 Å². The first-order chi connectivity index (χ1) is 15.7. The van der Waals surface area contributed by atoms with Gasteiger partial charge in [-0.1, -0.05) is 32.1 Å². The second kappa shape index (κ2) is 10.9. The van der Waals surface area contributed by atoms with Crippen LogP contribution in [-0.2, 0) is 6.54 Å². The molecule has 0 spiro atoms. The molecule has 3 aliphatic rings. The predicted octanol–water partition coefficient (Wildman–Crippen LogP) is 5.47. The van der Waals surface area contributed by atoms with Crippen molar-refractivity contribution in [2.24, 2.45) is 28.6 Å². The first-order valence-corrected chi connectivity index (χ1v) is 12.6. The summed E-state index contributed by atoms with van der Waals surface area (Å²) in [5, 5.41) is 22.8. The van der Waals surface area contributed by atoms with Crippen LogP contribution in [0.3, 0.4) is 0 Å². The van der Waals surface area contributed by atoms with E-state index in [1.807, 2.05) is 7.05 Å². The molecule has 3 saturated carbocycles. The summed E-state index contributed by atoms with van der Waals surface area (Å²) in [5.41, 5.74) is 3.05. The lowest BCUT2D eigenvalue weighted by Crippen LogP contribution is -2.46. The van der Waals surface area contributed by atoms with Crippen LogP contribution >= 0.6 is 0 Å². The first kappa shape index (κ1) is 26.2. The van der Waals surface area contributed by atoms with E-state index in [-0.39, 0.29) is 29.9 Å². The Hall–Kier alpha value is -1.43. The van der Waals surface area contributed by atoms with Crippen molar-refractivity contribution in [2.75, 3.05) is 20.8 Å². The van der Waals surface area contributed by atoms with Crippen molar-refractivity contribution in [1.29, 1.82) is 0 Å². The van der Waals surface area contributed by atoms with E-state index in [1.165, 1.54) is 56.9 Å². The standard InChI is InChI=1S/C19H32O2.C9H12FNO/c1-13-4-5-14-10-15(6-8-18(13,14)2)19(3)9-7-17(21)11-16(19)12-20;1-11-6-7-3-4-8(10)5-9(7)12-2/h14-17,20-21H,1,4-12H2,2-3H3;3-5,11H,6H2,1-2H3. The molecule has 5 heteroatoms. The molecule has 6 atom stereocenters. The van der Waals surface area contributed by atoms with Gasteiger partial charge in [-0.05, 0) is 93.1 Å². The van der Waals surface area contributed by atoms with Crippen molar-refractivity contribution in [3.8, 4) is 5.75 Å². The molecule has 4 nitrogen and oxygen atoms in total. The van der Waals surface area contributed by atoms with E-state index in [4.69, 9.17) is 4.74 Å². The number of aliphatic hydroxyl groups is 2. The Kier molecular flexibility index (Phi) is 8.63. The van der Waals surface area contributed by atoms with Gasteiger partial charge in [-0.15, -0.1) is 0 Å². The van der Waals surface area contributed by atoms with E-state index in [1.54, 1.807) is 6.07 Å². The molecule has 0 heterocycles. The van der Waals surface area contributed by atoms with E-state index in [2.05, 4.69) is 25.7 Å². The zero-order chi connectivity index (χ0) is 24.2. The third-order valence-electron chi connectivity index (χ3n) is 9.36. The van der Waals surface area contributed by atoms with Crippen molar-refractivity contribution in [2.45, 2.75) is 77.9 Å². The number of aliphatic hydroxyl groups excluding tert-OH is 2. The molecule has 0 aliphatic heterocycles. The van der Waals surface area contributed by atoms with E-state index in [0.717, 1.165) is 30.7 Å². The summed E-state index contributed by atoms with van der Waals surface area (Å²) in [5.74, 6) is 2.11. The highest BCUT2D eigenvalue weighted by Crippen LogP contribution is 2.61. The van der Waals surface area contributed by atoms with E-state index >= 15 is 0 Å². The van der Waals surface area contributed by atoms with Crippen molar-refractivity contribution in [3.63, 3.8) is 0 Å². The normalized spacial score (nSPS) is 36.0. The van der Waals surface area contributed by atoms with Crippen LogP contribution in [0.2, 0.25) is 0 Å². The fourth-order valence-corrected chi connectivity index (χ4v) is 6.81. The van der Waals surface area contributed by atoms with Gasteiger partial charge in [0.2, 0.25) is 0 Å². The topological polar surface area (TPSA) is 61.7 Å². The predicted molar refractivity (Wildman–Crippen MR) is 132 cm³/mol. The van der Waals surface area contributed by atoms with Gasteiger partial charge in [-0.2, -0.15) is 0 Å². The molecule has 0 amide bonds. The molecule has 3 fully saturated rings. The van der Waals surface area contributed by atoms with Crippen LogP contribution in [0.1, 0.15) is 70.8 Å². The molecule has 1 aromatic rings. The first-order valence-electron chi connectivity index (χ1n) is 12.6. The molecule has 186 valence electrons. The molecule has 33 heavy (non-hydrogen) atoms. The number of fused-ring (bicyclic) bond motifs is 1. The maximum Gasteiger partial charge on any atom is 0.126 e. The lowest BCUT2D eigenvalue weighted by atomic mass is 9.53. The summed E-state index contributed by atoms with van der Waals surface area (Å²) in [6, 6.07) is 4.52. The average molecular weight is 462 g/mol. The number of allylic oxidation sites excluding steroid dienone is 1. The van der Waals surface area contributed by atoms with Gasteiger partial charge >= 0.3 is 0 Å². The summed E-state index contributed by atoms with van der Waals surface area (Å²) in [7, 11) is 3.37. The Morgan fingerprint density at radius 1 is 1.15 bits per heavy atom. The second-order valence-electron chi connectivity index (χ2n) is 11.0. The average Bonchev–Trinajstić information content (AvgIpc) is 3.11. The largest absolute Gasteiger partial charge is 0.496 e. The number of nitrogens with one attached hydrogen (secondary N) is 1. The summed E-state index contributed by atoms with van der Waals surface area (Å²) >= 11 is 0. The molecule has 0 saturated heterocycles. The van der Waals surface area contributed by atoms with Gasteiger partial charge in [0.15, 0.2) is 0 Å². The number of ether oxygens (including phenoxy) is 1. The minimum atomic E-state index is -0.272. The number of hydrogen-bond acceptors (Lipinski definition) is 4. The summed E-state index contributed by atoms with van der Waals surface area (Å²) < 4.78 is 17.7. The Morgan fingerprint density at radius 2 is 1.91 bits per heavy atom. The van der Waals surface area contributed by atoms with E-state index in [9.17, 15) is 14.6 Å². The SMILES string of the molecule is C=C1CCC2CC(C3(C)CCC(O)CC3CO)CCC12C.CNCc1ccc(F)cc1OC. The highest BCUT2D eigenvalue weighted by molar-refractivity contribution is 5.33. The number of methoxy groups -OCH3 is 1. The van der Waals surface area contributed by atoms with Crippen LogP contribution in [0.15, 0.2) is 30.4 Å². The van der Waals surface area contributed by atoms with Gasteiger partial charge in [0.05, 0.1) is 13.2 Å². The maximum atomic E-state index is 12.7. The Labute approximate surface area is 199 Å². The number of rotatable bonds is 5. The van der Waals surface area contributed by atoms with Gasteiger partial charge in [0, 0.05) is 24.8 Å². The Balaban J connectivity index is 0.000000218. The molecular formula is C28H44FNO3. The highest BCUT2D eigenvalue weighted by atomic mass is 19.1. The van der Waals surface area contributed by atoms with Crippen molar-refractivity contribution < 1.29 is 19.3 Å². The second-order valence-corrected chi connectivity index (χ2v) is 11.0. The third-order valence-corrected chi connectivity index (χ3v) is 9.36. The number of hydrogen-bond donors (Lipinski definition) is 3. The van der Waals surface area contributed by atoms with Crippen LogP contribution in [0.25, 0.3) is 0 Å². The summed E-state index contributed by atoms with van der Waals surface area (Å²) in [6.45, 7) is 10.1. The lowest BCUT2D eigenvalue weighted by Gasteiger charge is -2.52. The van der Waals surface area contributed by atoms with Crippen molar-refractivity contribution >= 4 is 0 Å². The van der Waals surface area contributed by atoms with Crippen LogP contribution in [0.4, 0.5) is 4.39 Å². The minimum Gasteiger partial charge on any atom is -0.496 e. The summed E-state index contributed by atoms with van der Waals surface area (Å²) in [4.78, 5) is 0. The van der Waals surface area contributed by atoms with Crippen LogP contribution in [-0.4, -0.2) is 37.1 Å². The Morgan fingerprint density at radius 3 is 2.58 bits per heavy atom. The molecule has 0 radical (unpaired) electrons. The van der Waals surface area contributed by atoms with Gasteiger partial charge in [0.25, 0.3) is 0 Å². The van der Waals surface area contributed by atoms with Gasteiger partial charge < -0.3 is 20.3 Å². The van der Waals surface area contributed by atoms with E-state index in [0.29, 0.717) is 23.6 Å². The van der Waals surface area contributed by atoms with Gasteiger partial charge in [-0.3, -0.25) is 0 Å². The maximum absolute atomic E-state index is 12.7. The molecule has 4 rings (SSSR count). The molecule has 3 N–H and O–H groups in total. The monoisotopic (exact) mass is 461 g/mol. The molecule has 0 bridgehead atoms. The lowest BCUT2D eigenvalue weighted by molar-refractivity contribution is -0.0661. The molecule has 3 aliphatic carbocycles.